The molecule has 46 heavy (non-hydrogen) atoms. The number of hydrogen-bond donors (Lipinski definition) is 1. The van der Waals surface area contributed by atoms with Gasteiger partial charge in [0.2, 0.25) is 17.7 Å². The van der Waals surface area contributed by atoms with Crippen LogP contribution in [0.15, 0.2) is 54.3 Å². The van der Waals surface area contributed by atoms with E-state index in [1.165, 1.54) is 9.47 Å². The number of alkyl halides is 2. The highest BCUT2D eigenvalue weighted by atomic mass is 19.3. The molecular weight excluding hydrogens is 600 g/mol. The van der Waals surface area contributed by atoms with Crippen LogP contribution in [-0.2, 0) is 14.3 Å². The maximum Gasteiger partial charge on any atom is 0.409 e. The third-order valence-electron chi connectivity index (χ3n) is 8.26. The summed E-state index contributed by atoms with van der Waals surface area (Å²) >= 11 is 0. The highest BCUT2D eigenvalue weighted by molar-refractivity contribution is 5.80. The third-order valence-corrected chi connectivity index (χ3v) is 8.26. The number of nitrogens with zero attached hydrogens (tertiary/aromatic N) is 6. The molecule has 0 radical (unpaired) electrons. The van der Waals surface area contributed by atoms with Crippen LogP contribution in [0.2, 0.25) is 0 Å². The van der Waals surface area contributed by atoms with E-state index in [9.17, 15) is 18.4 Å². The molecule has 1 unspecified atom stereocenters. The molecule has 12 nitrogen and oxygen atoms in total. The number of benzene rings is 1. The number of fused-ring (bicyclic) bond motifs is 1. The molecule has 2 fully saturated rings. The molecular formula is C32H37F2N7O5. The lowest BCUT2D eigenvalue weighted by molar-refractivity contribution is -0.125. The van der Waals surface area contributed by atoms with Crippen molar-refractivity contribution < 1.29 is 32.6 Å². The minimum absolute atomic E-state index is 0.0804. The minimum atomic E-state index is -2.82. The molecule has 1 saturated heterocycles. The highest BCUT2D eigenvalue weighted by Crippen LogP contribution is 2.32. The number of carbonyl (C=O) groups is 2. The molecule has 1 saturated carbocycles. The number of allylic oxidation sites excluding steroid dienone is 2. The van der Waals surface area contributed by atoms with Crippen LogP contribution in [0.4, 0.5) is 19.5 Å². The van der Waals surface area contributed by atoms with Gasteiger partial charge in [-0.25, -0.2) is 18.6 Å². The zero-order valence-corrected chi connectivity index (χ0v) is 25.8. The lowest BCUT2D eigenvalue weighted by atomic mass is 9.86. The standard InChI is InChI=1S/C32H37F2N7O5/c1-39(2)32(43)46-23-7-5-6-21(18-23)35-30(42)20-10-12-22(13-11-20)45-27-19-26(37-31(38-27)40-14-16-44-17-15-40)41-25-9-4-3-8-24(25)36-29(41)28(33)34/h3-9,19-20,22-23,28H,10-18H2,1-2H3,(H,35,42)/t20-,22-,23?. The topological polar surface area (TPSA) is 124 Å². The Morgan fingerprint density at radius 2 is 1.83 bits per heavy atom. The van der Waals surface area contributed by atoms with E-state index >= 15 is 0 Å². The molecule has 0 bridgehead atoms. The molecule has 2 amide bonds. The molecule has 2 aliphatic carbocycles. The second kappa shape index (κ2) is 13.8. The molecule has 3 aliphatic rings. The van der Waals surface area contributed by atoms with Gasteiger partial charge in [-0.2, -0.15) is 9.97 Å². The number of rotatable bonds is 8. The number of nitrogens with one attached hydrogen (secondary N) is 1. The lowest BCUT2D eigenvalue weighted by Gasteiger charge is -2.30. The molecule has 1 N–H and O–H groups in total. The summed E-state index contributed by atoms with van der Waals surface area (Å²) in [6.45, 7) is 2.11. The van der Waals surface area contributed by atoms with Crippen LogP contribution in [0, 0.1) is 5.92 Å². The largest absolute Gasteiger partial charge is 0.474 e. The fourth-order valence-electron chi connectivity index (χ4n) is 5.84. The van der Waals surface area contributed by atoms with Gasteiger partial charge in [0.05, 0.1) is 24.2 Å². The van der Waals surface area contributed by atoms with Crippen LogP contribution in [0.1, 0.15) is 44.4 Å². The van der Waals surface area contributed by atoms with Crippen molar-refractivity contribution in [3.63, 3.8) is 0 Å². The molecule has 244 valence electrons. The number of amides is 2. The van der Waals surface area contributed by atoms with Crippen LogP contribution in [0.5, 0.6) is 5.88 Å². The van der Waals surface area contributed by atoms with Gasteiger partial charge in [0.15, 0.2) is 5.82 Å². The van der Waals surface area contributed by atoms with Crippen molar-refractivity contribution in [2.75, 3.05) is 45.3 Å². The molecule has 3 aromatic rings. The third kappa shape index (κ3) is 7.11. The van der Waals surface area contributed by atoms with Gasteiger partial charge in [0.1, 0.15) is 18.0 Å². The second-order valence-electron chi connectivity index (χ2n) is 11.7. The van der Waals surface area contributed by atoms with Crippen LogP contribution < -0.4 is 15.0 Å². The summed E-state index contributed by atoms with van der Waals surface area (Å²) in [6, 6.07) is 8.51. The molecule has 3 heterocycles. The Hall–Kier alpha value is -4.59. The Morgan fingerprint density at radius 3 is 2.57 bits per heavy atom. The van der Waals surface area contributed by atoms with Crippen molar-refractivity contribution in [2.24, 2.45) is 5.92 Å². The number of morpholine rings is 1. The van der Waals surface area contributed by atoms with E-state index in [1.807, 2.05) is 11.0 Å². The molecule has 1 atom stereocenters. The minimum Gasteiger partial charge on any atom is -0.474 e. The smallest absolute Gasteiger partial charge is 0.409 e. The van der Waals surface area contributed by atoms with E-state index in [0.717, 1.165) is 0 Å². The fourth-order valence-corrected chi connectivity index (χ4v) is 5.84. The SMILES string of the molecule is CN(C)C(=O)OC1C=CC=C(NC(=O)[C@H]2CC[C@H](Oc3cc(-n4c(C(F)F)nc5ccccc54)nc(N4CCOCC4)n3)CC2)C1. The first-order valence-corrected chi connectivity index (χ1v) is 15.5. The Balaban J connectivity index is 1.14. The molecule has 2 aromatic heterocycles. The summed E-state index contributed by atoms with van der Waals surface area (Å²) in [6.07, 6.45) is 4.27. The van der Waals surface area contributed by atoms with Crippen LogP contribution in [0.3, 0.4) is 0 Å². The van der Waals surface area contributed by atoms with Gasteiger partial charge in [-0.05, 0) is 50.0 Å². The summed E-state index contributed by atoms with van der Waals surface area (Å²) in [5.41, 5.74) is 1.64. The summed E-state index contributed by atoms with van der Waals surface area (Å²) in [5, 5.41) is 3.00. The van der Waals surface area contributed by atoms with Gasteiger partial charge in [-0.1, -0.05) is 18.2 Å². The summed E-state index contributed by atoms with van der Waals surface area (Å²) in [4.78, 5) is 41.9. The Labute approximate surface area is 265 Å². The number of hydrogen-bond acceptors (Lipinski definition) is 9. The van der Waals surface area contributed by atoms with Gasteiger partial charge >= 0.3 is 6.09 Å². The van der Waals surface area contributed by atoms with E-state index in [2.05, 4.69) is 20.3 Å². The summed E-state index contributed by atoms with van der Waals surface area (Å²) in [5.74, 6) is 0.193. The number of ether oxygens (including phenoxy) is 3. The van der Waals surface area contributed by atoms with Crippen LogP contribution in [-0.4, -0.2) is 89.0 Å². The Morgan fingerprint density at radius 1 is 1.07 bits per heavy atom. The quantitative estimate of drug-likeness (QED) is 0.379. The average molecular weight is 638 g/mol. The van der Waals surface area contributed by atoms with E-state index < -0.39 is 24.4 Å². The van der Waals surface area contributed by atoms with Gasteiger partial charge < -0.3 is 29.3 Å². The molecule has 0 spiro atoms. The first kappa shape index (κ1) is 31.4. The average Bonchev–Trinajstić information content (AvgIpc) is 3.46. The van der Waals surface area contributed by atoms with Crippen LogP contribution >= 0.6 is 0 Å². The number of halogens is 2. The van der Waals surface area contributed by atoms with Crippen molar-refractivity contribution in [1.82, 2.24) is 29.7 Å². The predicted molar refractivity (Wildman–Crippen MR) is 165 cm³/mol. The highest BCUT2D eigenvalue weighted by Gasteiger charge is 2.30. The summed E-state index contributed by atoms with van der Waals surface area (Å²) in [7, 11) is 3.23. The zero-order chi connectivity index (χ0) is 32.2. The maximum atomic E-state index is 14.2. The predicted octanol–water partition coefficient (Wildman–Crippen LogP) is 4.55. The van der Waals surface area contributed by atoms with Crippen molar-refractivity contribution in [3.05, 3.63) is 60.1 Å². The van der Waals surface area contributed by atoms with Crippen molar-refractivity contribution in [3.8, 4) is 11.7 Å². The second-order valence-corrected chi connectivity index (χ2v) is 11.7. The van der Waals surface area contributed by atoms with Crippen LogP contribution in [0.25, 0.3) is 16.9 Å². The normalized spacial score (nSPS) is 21.6. The summed E-state index contributed by atoms with van der Waals surface area (Å²) < 4.78 is 47.0. The molecule has 14 heteroatoms. The molecule has 1 aliphatic heterocycles. The first-order valence-electron chi connectivity index (χ1n) is 15.5. The number of anilines is 1. The maximum absolute atomic E-state index is 14.2. The van der Waals surface area contributed by atoms with E-state index in [-0.39, 0.29) is 29.6 Å². The number of aromatic nitrogens is 4. The van der Waals surface area contributed by atoms with Crippen molar-refractivity contribution >= 4 is 29.0 Å². The van der Waals surface area contributed by atoms with Crippen molar-refractivity contribution in [1.29, 1.82) is 0 Å². The molecule has 1 aromatic carbocycles. The monoisotopic (exact) mass is 637 g/mol. The van der Waals surface area contributed by atoms with E-state index in [1.54, 1.807) is 56.6 Å². The number of para-hydroxylation sites is 2. The van der Waals surface area contributed by atoms with E-state index in [4.69, 9.17) is 14.2 Å². The first-order chi connectivity index (χ1) is 22.2. The molecule has 6 rings (SSSR count). The van der Waals surface area contributed by atoms with Gasteiger partial charge in [-0.15, -0.1) is 0 Å². The van der Waals surface area contributed by atoms with Gasteiger partial charge in [0, 0.05) is 51.3 Å². The Kier molecular flexibility index (Phi) is 9.43. The number of carbonyl (C=O) groups excluding carboxylic acids is 2. The zero-order valence-electron chi connectivity index (χ0n) is 25.8. The fraction of sp³-hybridized carbons (Fsp3) is 0.469. The van der Waals surface area contributed by atoms with Gasteiger partial charge in [0.25, 0.3) is 6.43 Å². The number of imidazole rings is 1. The Bertz CT molecular complexity index is 1630. The van der Waals surface area contributed by atoms with Gasteiger partial charge in [-0.3, -0.25) is 9.36 Å². The van der Waals surface area contributed by atoms with Crippen molar-refractivity contribution in [2.45, 2.75) is 50.7 Å². The van der Waals surface area contributed by atoms with E-state index in [0.29, 0.717) is 81.1 Å². The lowest BCUT2D eigenvalue weighted by Crippen LogP contribution is -2.38.